The molecular formula is C22H22N2O5. The number of hydrogen-bond acceptors (Lipinski definition) is 5. The van der Waals surface area contributed by atoms with Crippen LogP contribution < -0.4 is 5.32 Å². The zero-order chi connectivity index (χ0) is 21.0. The molecule has 0 saturated carbocycles. The molecular weight excluding hydrogens is 372 g/mol. The van der Waals surface area contributed by atoms with Crippen molar-refractivity contribution in [1.29, 1.82) is 0 Å². The van der Waals surface area contributed by atoms with E-state index >= 15 is 0 Å². The van der Waals surface area contributed by atoms with Crippen molar-refractivity contribution < 1.29 is 23.9 Å². The lowest BCUT2D eigenvalue weighted by molar-refractivity contribution is -0.116. The Balaban J connectivity index is 1.52. The highest BCUT2D eigenvalue weighted by Gasteiger charge is 2.34. The van der Waals surface area contributed by atoms with Gasteiger partial charge in [0.05, 0.1) is 22.8 Å². The van der Waals surface area contributed by atoms with Crippen molar-refractivity contribution in [3.8, 4) is 0 Å². The molecule has 0 spiro atoms. The van der Waals surface area contributed by atoms with Crippen molar-refractivity contribution in [2.75, 3.05) is 11.9 Å². The Kier molecular flexibility index (Phi) is 6.07. The Bertz CT molecular complexity index is 932. The zero-order valence-electron chi connectivity index (χ0n) is 16.3. The molecule has 0 fully saturated rings. The molecule has 0 unspecified atom stereocenters. The topological polar surface area (TPSA) is 92.8 Å². The molecule has 2 aromatic carbocycles. The quantitative estimate of drug-likeness (QED) is 0.575. The number of nitrogens with zero attached hydrogens (tertiary/aromatic N) is 1. The number of carbonyl (C=O) groups is 4. The van der Waals surface area contributed by atoms with E-state index in [-0.39, 0.29) is 36.8 Å². The van der Waals surface area contributed by atoms with Crippen LogP contribution in [0, 0.1) is 0 Å². The molecule has 7 heteroatoms. The van der Waals surface area contributed by atoms with Crippen LogP contribution in [0.4, 0.5) is 5.69 Å². The highest BCUT2D eigenvalue weighted by Crippen LogP contribution is 2.22. The van der Waals surface area contributed by atoms with E-state index in [4.69, 9.17) is 4.74 Å². The number of fused-ring (bicyclic) bond motifs is 1. The van der Waals surface area contributed by atoms with E-state index in [1.54, 1.807) is 62.4 Å². The number of amides is 3. The molecule has 29 heavy (non-hydrogen) atoms. The first kappa shape index (κ1) is 20.3. The molecule has 3 rings (SSSR count). The normalized spacial score (nSPS) is 12.9. The average molecular weight is 394 g/mol. The Morgan fingerprint density at radius 3 is 2.28 bits per heavy atom. The summed E-state index contributed by atoms with van der Waals surface area (Å²) in [4.78, 5) is 50.0. The van der Waals surface area contributed by atoms with Crippen molar-refractivity contribution in [2.45, 2.75) is 32.8 Å². The second-order valence-electron chi connectivity index (χ2n) is 6.99. The minimum Gasteiger partial charge on any atom is -0.459 e. The van der Waals surface area contributed by atoms with Gasteiger partial charge in [-0.15, -0.1) is 0 Å². The van der Waals surface area contributed by atoms with Crippen LogP contribution in [0.3, 0.4) is 0 Å². The van der Waals surface area contributed by atoms with Crippen molar-refractivity contribution >= 4 is 29.4 Å². The van der Waals surface area contributed by atoms with Crippen LogP contribution in [0.2, 0.25) is 0 Å². The fourth-order valence-electron chi connectivity index (χ4n) is 3.07. The maximum absolute atomic E-state index is 12.3. The minimum atomic E-state index is -0.457. The largest absolute Gasteiger partial charge is 0.459 e. The summed E-state index contributed by atoms with van der Waals surface area (Å²) in [5, 5.41) is 2.72. The summed E-state index contributed by atoms with van der Waals surface area (Å²) in [6, 6.07) is 13.2. The van der Waals surface area contributed by atoms with Crippen molar-refractivity contribution in [3.63, 3.8) is 0 Å². The van der Waals surface area contributed by atoms with Crippen LogP contribution in [0.25, 0.3) is 0 Å². The van der Waals surface area contributed by atoms with Gasteiger partial charge in [0.15, 0.2) is 0 Å². The maximum atomic E-state index is 12.3. The molecule has 150 valence electrons. The molecule has 1 N–H and O–H groups in total. The second kappa shape index (κ2) is 8.68. The number of nitrogens with one attached hydrogen (secondary N) is 1. The molecule has 0 saturated heterocycles. The second-order valence-corrected chi connectivity index (χ2v) is 6.99. The highest BCUT2D eigenvalue weighted by molar-refractivity contribution is 6.21. The standard InChI is InChI=1S/C22H22N2O5/c1-14(2)29-22(28)15-7-5-8-16(13-15)23-19(25)11-6-12-24-20(26)17-9-3-4-10-18(17)21(24)27/h3-5,7-10,13-14H,6,11-12H2,1-2H3,(H,23,25). The lowest BCUT2D eigenvalue weighted by Crippen LogP contribution is -2.31. The first-order valence-corrected chi connectivity index (χ1v) is 9.43. The number of hydrogen-bond donors (Lipinski definition) is 1. The number of carbonyl (C=O) groups excluding carboxylic acids is 4. The number of anilines is 1. The molecule has 0 bridgehead atoms. The van der Waals surface area contributed by atoms with Gasteiger partial charge < -0.3 is 10.1 Å². The van der Waals surface area contributed by atoms with Gasteiger partial charge in [0, 0.05) is 18.7 Å². The third-order valence-electron chi connectivity index (χ3n) is 4.39. The van der Waals surface area contributed by atoms with Gasteiger partial charge in [0.25, 0.3) is 11.8 Å². The fourth-order valence-corrected chi connectivity index (χ4v) is 3.07. The van der Waals surface area contributed by atoms with E-state index in [2.05, 4.69) is 5.32 Å². The van der Waals surface area contributed by atoms with Crippen LogP contribution in [-0.4, -0.2) is 41.2 Å². The van der Waals surface area contributed by atoms with Crippen molar-refractivity contribution in [3.05, 3.63) is 65.2 Å². The average Bonchev–Trinajstić information content (AvgIpc) is 2.93. The Hall–Kier alpha value is -3.48. The summed E-state index contributed by atoms with van der Waals surface area (Å²) in [7, 11) is 0. The van der Waals surface area contributed by atoms with Gasteiger partial charge in [-0.05, 0) is 50.6 Å². The molecule has 1 aliphatic rings. The van der Waals surface area contributed by atoms with Gasteiger partial charge in [-0.1, -0.05) is 18.2 Å². The summed E-state index contributed by atoms with van der Waals surface area (Å²) in [5.41, 5.74) is 1.62. The number of ether oxygens (including phenoxy) is 1. The molecule has 2 aromatic rings. The number of rotatable bonds is 7. The zero-order valence-corrected chi connectivity index (χ0v) is 16.3. The SMILES string of the molecule is CC(C)OC(=O)c1cccc(NC(=O)CCCN2C(=O)c3ccccc3C2=O)c1. The smallest absolute Gasteiger partial charge is 0.338 e. The predicted molar refractivity (Wildman–Crippen MR) is 107 cm³/mol. The summed E-state index contributed by atoms with van der Waals surface area (Å²) in [6.07, 6.45) is 0.239. The lowest BCUT2D eigenvalue weighted by Gasteiger charge is -2.13. The Morgan fingerprint density at radius 2 is 1.66 bits per heavy atom. The molecule has 1 heterocycles. The Labute approximate surface area is 168 Å². The highest BCUT2D eigenvalue weighted by atomic mass is 16.5. The summed E-state index contributed by atoms with van der Waals surface area (Å²) in [5.74, 6) is -1.39. The number of benzene rings is 2. The van der Waals surface area contributed by atoms with Gasteiger partial charge in [0.1, 0.15) is 0 Å². The third-order valence-corrected chi connectivity index (χ3v) is 4.39. The van der Waals surface area contributed by atoms with Crippen LogP contribution in [0.1, 0.15) is 57.8 Å². The number of esters is 1. The van der Waals surface area contributed by atoms with E-state index in [1.165, 1.54) is 4.90 Å². The van der Waals surface area contributed by atoms with Crippen LogP contribution in [0.5, 0.6) is 0 Å². The Morgan fingerprint density at radius 1 is 1.00 bits per heavy atom. The molecule has 3 amide bonds. The molecule has 0 aliphatic carbocycles. The first-order valence-electron chi connectivity index (χ1n) is 9.43. The summed E-state index contributed by atoms with van der Waals surface area (Å²) in [6.45, 7) is 3.69. The van der Waals surface area contributed by atoms with Gasteiger partial charge in [-0.25, -0.2) is 4.79 Å². The predicted octanol–water partition coefficient (Wildman–Crippen LogP) is 3.27. The van der Waals surface area contributed by atoms with Gasteiger partial charge in [-0.2, -0.15) is 0 Å². The maximum Gasteiger partial charge on any atom is 0.338 e. The van der Waals surface area contributed by atoms with E-state index in [1.807, 2.05) is 0 Å². The minimum absolute atomic E-state index is 0.133. The van der Waals surface area contributed by atoms with E-state index in [0.29, 0.717) is 28.8 Å². The van der Waals surface area contributed by atoms with Crippen molar-refractivity contribution in [2.24, 2.45) is 0 Å². The molecule has 0 atom stereocenters. The van der Waals surface area contributed by atoms with Crippen molar-refractivity contribution in [1.82, 2.24) is 4.90 Å². The van der Waals surface area contributed by atoms with Crippen LogP contribution >= 0.6 is 0 Å². The first-order chi connectivity index (χ1) is 13.9. The van der Waals surface area contributed by atoms with Gasteiger partial charge >= 0.3 is 5.97 Å². The summed E-state index contributed by atoms with van der Waals surface area (Å²) >= 11 is 0. The number of imide groups is 1. The van der Waals surface area contributed by atoms with Gasteiger partial charge in [0.2, 0.25) is 5.91 Å². The molecule has 0 radical (unpaired) electrons. The van der Waals surface area contributed by atoms with E-state index in [9.17, 15) is 19.2 Å². The molecule has 0 aromatic heterocycles. The van der Waals surface area contributed by atoms with E-state index in [0.717, 1.165) is 0 Å². The van der Waals surface area contributed by atoms with Crippen LogP contribution in [-0.2, 0) is 9.53 Å². The van der Waals surface area contributed by atoms with E-state index < -0.39 is 5.97 Å². The molecule has 7 nitrogen and oxygen atoms in total. The summed E-state index contributed by atoms with van der Waals surface area (Å²) < 4.78 is 5.14. The van der Waals surface area contributed by atoms with Crippen LogP contribution in [0.15, 0.2) is 48.5 Å². The van der Waals surface area contributed by atoms with Gasteiger partial charge in [-0.3, -0.25) is 19.3 Å². The molecule has 1 aliphatic heterocycles. The monoisotopic (exact) mass is 394 g/mol. The third kappa shape index (κ3) is 4.68. The fraction of sp³-hybridized carbons (Fsp3) is 0.273. The lowest BCUT2D eigenvalue weighted by atomic mass is 10.1.